The van der Waals surface area contributed by atoms with Crippen LogP contribution in [0.3, 0.4) is 0 Å². The Labute approximate surface area is 189 Å². The highest BCUT2D eigenvalue weighted by atomic mass is 16.5. The number of aryl methyl sites for hydroxylation is 1. The summed E-state index contributed by atoms with van der Waals surface area (Å²) in [6.07, 6.45) is 1.83. The first-order chi connectivity index (χ1) is 15.6. The summed E-state index contributed by atoms with van der Waals surface area (Å²) in [4.78, 5) is 31.5. The van der Waals surface area contributed by atoms with Crippen LogP contribution in [0.1, 0.15) is 27.5 Å². The van der Waals surface area contributed by atoms with E-state index in [2.05, 4.69) is 22.3 Å². The standard InChI is InChI=1S/C25H32N4O3/c1-18-7-8-28(10-9-27-11-13-32-14-12-27)24(30)22(18)25(31)29-17-20-15-26-16-21(20)23(29)19-5-3-2-4-6-19/h2-8,20-21,23,26H,9-17H2,1H3/t20-,21-,23-/m0/s1. The molecule has 3 saturated heterocycles. The highest BCUT2D eigenvalue weighted by molar-refractivity contribution is 5.95. The van der Waals surface area contributed by atoms with Gasteiger partial charge in [0.2, 0.25) is 0 Å². The minimum atomic E-state index is -0.176. The summed E-state index contributed by atoms with van der Waals surface area (Å²) < 4.78 is 7.11. The van der Waals surface area contributed by atoms with Crippen molar-refractivity contribution in [2.45, 2.75) is 19.5 Å². The highest BCUT2D eigenvalue weighted by Crippen LogP contribution is 2.43. The Balaban J connectivity index is 1.42. The second kappa shape index (κ2) is 9.17. The van der Waals surface area contributed by atoms with Crippen LogP contribution in [0.2, 0.25) is 0 Å². The second-order valence-electron chi connectivity index (χ2n) is 9.22. The quantitative estimate of drug-likeness (QED) is 0.770. The number of pyridine rings is 1. The zero-order valence-electron chi connectivity index (χ0n) is 18.7. The highest BCUT2D eigenvalue weighted by Gasteiger charge is 2.47. The summed E-state index contributed by atoms with van der Waals surface area (Å²) in [5.74, 6) is 0.683. The number of benzene rings is 1. The third-order valence-corrected chi connectivity index (χ3v) is 7.31. The molecule has 4 heterocycles. The predicted octanol–water partition coefficient (Wildman–Crippen LogP) is 1.52. The van der Waals surface area contributed by atoms with Gasteiger partial charge >= 0.3 is 0 Å². The number of rotatable bonds is 5. The van der Waals surface area contributed by atoms with Crippen molar-refractivity contribution < 1.29 is 9.53 Å². The molecule has 0 saturated carbocycles. The molecule has 3 aliphatic heterocycles. The molecule has 1 aromatic carbocycles. The van der Waals surface area contributed by atoms with Gasteiger partial charge in [0.15, 0.2) is 0 Å². The van der Waals surface area contributed by atoms with E-state index in [9.17, 15) is 9.59 Å². The van der Waals surface area contributed by atoms with E-state index in [1.165, 1.54) is 0 Å². The molecule has 0 unspecified atom stereocenters. The molecule has 3 atom stereocenters. The maximum absolute atomic E-state index is 13.8. The molecule has 7 nitrogen and oxygen atoms in total. The zero-order valence-corrected chi connectivity index (χ0v) is 18.7. The number of amides is 1. The van der Waals surface area contributed by atoms with E-state index in [1.807, 2.05) is 42.3 Å². The molecule has 0 spiro atoms. The van der Waals surface area contributed by atoms with Crippen molar-refractivity contribution in [1.29, 1.82) is 0 Å². The van der Waals surface area contributed by atoms with E-state index in [4.69, 9.17) is 4.74 Å². The summed E-state index contributed by atoms with van der Waals surface area (Å²) in [5.41, 5.74) is 2.05. The van der Waals surface area contributed by atoms with Gasteiger partial charge in [-0.2, -0.15) is 0 Å². The fourth-order valence-electron chi connectivity index (χ4n) is 5.53. The molecule has 0 bridgehead atoms. The lowest BCUT2D eigenvalue weighted by atomic mass is 9.89. The van der Waals surface area contributed by atoms with Crippen molar-refractivity contribution in [3.05, 3.63) is 69.6 Å². The van der Waals surface area contributed by atoms with Crippen LogP contribution in [0.4, 0.5) is 0 Å². The van der Waals surface area contributed by atoms with E-state index in [1.54, 1.807) is 4.57 Å². The maximum atomic E-state index is 13.8. The largest absolute Gasteiger partial charge is 0.379 e. The number of hydrogen-bond donors (Lipinski definition) is 1. The van der Waals surface area contributed by atoms with Crippen LogP contribution >= 0.6 is 0 Å². The van der Waals surface area contributed by atoms with Gasteiger partial charge in [-0.25, -0.2) is 0 Å². The SMILES string of the molecule is Cc1ccn(CCN2CCOCC2)c(=O)c1C(=O)N1C[C@@H]2CNC[C@@H]2[C@@H]1c1ccccc1. The molecule has 3 aliphatic rings. The zero-order chi connectivity index (χ0) is 22.1. The van der Waals surface area contributed by atoms with Crippen molar-refractivity contribution in [2.75, 3.05) is 52.5 Å². The topological polar surface area (TPSA) is 66.8 Å². The van der Waals surface area contributed by atoms with E-state index in [0.717, 1.165) is 57.1 Å². The molecule has 1 N–H and O–H groups in total. The number of fused-ring (bicyclic) bond motifs is 1. The molecule has 0 aliphatic carbocycles. The first-order valence-electron chi connectivity index (χ1n) is 11.7. The van der Waals surface area contributed by atoms with E-state index in [0.29, 0.717) is 30.5 Å². The Hall–Kier alpha value is -2.48. The summed E-state index contributed by atoms with van der Waals surface area (Å²) in [6, 6.07) is 12.2. The summed E-state index contributed by atoms with van der Waals surface area (Å²) in [6.45, 7) is 9.00. The first kappa shape index (κ1) is 21.4. The molecule has 5 rings (SSSR count). The van der Waals surface area contributed by atoms with E-state index in [-0.39, 0.29) is 17.5 Å². The lowest BCUT2D eigenvalue weighted by molar-refractivity contribution is 0.0362. The van der Waals surface area contributed by atoms with E-state index >= 15 is 0 Å². The number of carbonyl (C=O) groups is 1. The van der Waals surface area contributed by atoms with Gasteiger partial charge in [-0.3, -0.25) is 14.5 Å². The molecular formula is C25H32N4O3. The van der Waals surface area contributed by atoms with Crippen molar-refractivity contribution >= 4 is 5.91 Å². The van der Waals surface area contributed by atoms with Crippen LogP contribution in [0, 0.1) is 18.8 Å². The van der Waals surface area contributed by atoms with Gasteiger partial charge in [0.25, 0.3) is 11.5 Å². The summed E-state index contributed by atoms with van der Waals surface area (Å²) >= 11 is 0. The maximum Gasteiger partial charge on any atom is 0.263 e. The normalized spacial score (nSPS) is 25.8. The Kier molecular flexibility index (Phi) is 6.13. The van der Waals surface area contributed by atoms with Crippen molar-refractivity contribution in [2.24, 2.45) is 11.8 Å². The molecule has 1 amide bonds. The Morgan fingerprint density at radius 3 is 2.66 bits per heavy atom. The predicted molar refractivity (Wildman–Crippen MR) is 123 cm³/mol. The summed E-state index contributed by atoms with van der Waals surface area (Å²) in [5, 5.41) is 3.49. The second-order valence-corrected chi connectivity index (χ2v) is 9.22. The monoisotopic (exact) mass is 436 g/mol. The van der Waals surface area contributed by atoms with Crippen molar-refractivity contribution in [3.63, 3.8) is 0 Å². The molecule has 3 fully saturated rings. The number of nitrogens with one attached hydrogen (secondary N) is 1. The molecule has 0 radical (unpaired) electrons. The minimum Gasteiger partial charge on any atom is -0.379 e. The average Bonchev–Trinajstić information content (AvgIpc) is 3.41. The van der Waals surface area contributed by atoms with E-state index < -0.39 is 0 Å². The van der Waals surface area contributed by atoms with Crippen LogP contribution in [-0.4, -0.2) is 72.8 Å². The number of ether oxygens (including phenoxy) is 1. The number of hydrogen-bond acceptors (Lipinski definition) is 5. The average molecular weight is 437 g/mol. The van der Waals surface area contributed by atoms with Gasteiger partial charge in [0.05, 0.1) is 19.3 Å². The molecule has 170 valence electrons. The third-order valence-electron chi connectivity index (χ3n) is 7.31. The van der Waals surface area contributed by atoms with Crippen LogP contribution in [0.15, 0.2) is 47.4 Å². The molecule has 1 aromatic heterocycles. The fourth-order valence-corrected chi connectivity index (χ4v) is 5.53. The van der Waals surface area contributed by atoms with Gasteiger partial charge < -0.3 is 19.5 Å². The molecule has 7 heteroatoms. The molecule has 32 heavy (non-hydrogen) atoms. The van der Waals surface area contributed by atoms with Crippen LogP contribution in [-0.2, 0) is 11.3 Å². The molecular weight excluding hydrogens is 404 g/mol. The van der Waals surface area contributed by atoms with Crippen LogP contribution in [0.25, 0.3) is 0 Å². The van der Waals surface area contributed by atoms with Crippen LogP contribution < -0.4 is 10.9 Å². The molecule has 2 aromatic rings. The lowest BCUT2D eigenvalue weighted by Gasteiger charge is -2.29. The Morgan fingerprint density at radius 1 is 1.09 bits per heavy atom. The van der Waals surface area contributed by atoms with Gasteiger partial charge in [-0.15, -0.1) is 0 Å². The third kappa shape index (κ3) is 4.00. The van der Waals surface area contributed by atoms with Crippen molar-refractivity contribution in [1.82, 2.24) is 19.7 Å². The first-order valence-corrected chi connectivity index (χ1v) is 11.7. The number of likely N-dealkylation sites (tertiary alicyclic amines) is 1. The number of morpholine rings is 1. The minimum absolute atomic E-state index is 0.00417. The lowest BCUT2D eigenvalue weighted by Crippen LogP contribution is -2.41. The smallest absolute Gasteiger partial charge is 0.263 e. The van der Waals surface area contributed by atoms with Crippen molar-refractivity contribution in [3.8, 4) is 0 Å². The van der Waals surface area contributed by atoms with Gasteiger partial charge in [0, 0.05) is 57.9 Å². The van der Waals surface area contributed by atoms with Gasteiger partial charge in [0.1, 0.15) is 5.56 Å². The van der Waals surface area contributed by atoms with Gasteiger partial charge in [-0.05, 0) is 30.0 Å². The number of nitrogens with zero attached hydrogens (tertiary/aromatic N) is 3. The van der Waals surface area contributed by atoms with Crippen LogP contribution in [0.5, 0.6) is 0 Å². The number of aromatic nitrogens is 1. The fraction of sp³-hybridized carbons (Fsp3) is 0.520. The Bertz CT molecular complexity index is 1020. The summed E-state index contributed by atoms with van der Waals surface area (Å²) in [7, 11) is 0. The number of carbonyl (C=O) groups excluding carboxylic acids is 1. The Morgan fingerprint density at radius 2 is 1.88 bits per heavy atom. The van der Waals surface area contributed by atoms with Gasteiger partial charge in [-0.1, -0.05) is 30.3 Å².